The summed E-state index contributed by atoms with van der Waals surface area (Å²) in [5, 5.41) is 10.5. The number of nitro benzene ring substituents is 1. The third-order valence-electron chi connectivity index (χ3n) is 3.11. The quantitative estimate of drug-likeness (QED) is 0.183. The van der Waals surface area contributed by atoms with Crippen LogP contribution in [0, 0.1) is 13.7 Å². The summed E-state index contributed by atoms with van der Waals surface area (Å²) in [6, 6.07) is 24.6. The maximum Gasteiger partial charge on any atom is 0.379 e. The van der Waals surface area contributed by atoms with E-state index in [9.17, 15) is 28.1 Å². The number of ketones is 1. The van der Waals surface area contributed by atoms with Gasteiger partial charge in [-0.3, -0.25) is 14.9 Å². The average Bonchev–Trinajstić information content (AvgIpc) is 2.69. The lowest BCUT2D eigenvalue weighted by Crippen LogP contribution is -2.00. The van der Waals surface area contributed by atoms with Gasteiger partial charge in [0.1, 0.15) is 0 Å². The van der Waals surface area contributed by atoms with Gasteiger partial charge >= 0.3 is 6.68 Å². The third-order valence-corrected chi connectivity index (χ3v) is 3.83. The minimum Gasteiger partial charge on any atom is -0.289 e. The highest BCUT2D eigenvalue weighted by molar-refractivity contribution is 14.1. The highest BCUT2D eigenvalue weighted by atomic mass is 127. The molecular formula is C20H15F3INO3. The van der Waals surface area contributed by atoms with E-state index in [1.54, 1.807) is 24.3 Å². The predicted octanol–water partition coefficient (Wildman–Crippen LogP) is 6.30. The van der Waals surface area contributed by atoms with Gasteiger partial charge in [-0.15, -0.1) is 0 Å². The molecule has 0 aliphatic rings. The van der Waals surface area contributed by atoms with Gasteiger partial charge in [0.2, 0.25) is 0 Å². The number of halogens is 4. The van der Waals surface area contributed by atoms with Crippen LogP contribution in [0.2, 0.25) is 0 Å². The van der Waals surface area contributed by atoms with Crippen LogP contribution in [-0.4, -0.2) is 17.4 Å². The number of alkyl halides is 3. The van der Waals surface area contributed by atoms with E-state index in [1.807, 2.05) is 24.3 Å². The Morgan fingerprint density at radius 2 is 1.18 bits per heavy atom. The van der Waals surface area contributed by atoms with Crippen molar-refractivity contribution in [3.05, 3.63) is 110 Å². The lowest BCUT2D eigenvalue weighted by Gasteiger charge is -2.00. The van der Waals surface area contributed by atoms with Gasteiger partial charge in [0.15, 0.2) is 5.78 Å². The zero-order chi connectivity index (χ0) is 20.9. The van der Waals surface area contributed by atoms with Crippen molar-refractivity contribution in [1.82, 2.24) is 0 Å². The molecule has 0 atom stereocenters. The molecule has 0 aliphatic heterocycles. The highest BCUT2D eigenvalue weighted by Gasteiger charge is 2.10. The Bertz CT molecular complexity index is 858. The standard InChI is InChI=1S/C13H9NO3.C6H5I.CHF3/c15-13(10-4-2-1-3-5-10)11-6-8-12(9-7-11)14(16)17;7-6-4-2-1-3-5-6;2-1(3)4/h1-9H;1-5H;1H. The van der Waals surface area contributed by atoms with Crippen molar-refractivity contribution in [2.45, 2.75) is 6.68 Å². The second kappa shape index (κ2) is 12.6. The predicted molar refractivity (Wildman–Crippen MR) is 109 cm³/mol. The first-order chi connectivity index (χ1) is 13.3. The van der Waals surface area contributed by atoms with Gasteiger partial charge < -0.3 is 0 Å². The number of carbonyl (C=O) groups excluding carboxylic acids is 1. The van der Waals surface area contributed by atoms with Crippen molar-refractivity contribution in [3.63, 3.8) is 0 Å². The highest BCUT2D eigenvalue weighted by Crippen LogP contribution is 2.15. The smallest absolute Gasteiger partial charge is 0.289 e. The van der Waals surface area contributed by atoms with Gasteiger partial charge in [0.25, 0.3) is 5.69 Å². The van der Waals surface area contributed by atoms with Gasteiger partial charge in [0, 0.05) is 26.8 Å². The summed E-state index contributed by atoms with van der Waals surface area (Å²) in [4.78, 5) is 21.9. The Hall–Kier alpha value is -2.75. The van der Waals surface area contributed by atoms with E-state index in [-0.39, 0.29) is 11.5 Å². The molecule has 3 aromatic rings. The van der Waals surface area contributed by atoms with Gasteiger partial charge in [-0.05, 0) is 46.9 Å². The van der Waals surface area contributed by atoms with E-state index in [1.165, 1.54) is 27.8 Å². The summed E-state index contributed by atoms with van der Waals surface area (Å²) in [6.45, 7) is -3.67. The fourth-order valence-electron chi connectivity index (χ4n) is 1.91. The van der Waals surface area contributed by atoms with E-state index in [2.05, 4.69) is 34.7 Å². The monoisotopic (exact) mass is 501 g/mol. The van der Waals surface area contributed by atoms with Crippen molar-refractivity contribution in [2.24, 2.45) is 0 Å². The zero-order valence-corrected chi connectivity index (χ0v) is 16.5. The van der Waals surface area contributed by atoms with Crippen LogP contribution in [0.15, 0.2) is 84.9 Å². The lowest BCUT2D eigenvalue weighted by atomic mass is 10.0. The molecule has 0 heterocycles. The van der Waals surface area contributed by atoms with E-state index in [0.29, 0.717) is 11.1 Å². The number of nitrogens with zero attached hydrogens (tertiary/aromatic N) is 1. The van der Waals surface area contributed by atoms with Crippen LogP contribution in [0.1, 0.15) is 15.9 Å². The van der Waals surface area contributed by atoms with Crippen molar-refractivity contribution < 1.29 is 22.9 Å². The summed E-state index contributed by atoms with van der Waals surface area (Å²) in [5.74, 6) is -0.138. The number of nitro groups is 1. The minimum absolute atomic E-state index is 0.0189. The molecule has 0 N–H and O–H groups in total. The summed E-state index contributed by atoms with van der Waals surface area (Å²) < 4.78 is 30.3. The van der Waals surface area contributed by atoms with Crippen LogP contribution in [0.5, 0.6) is 0 Å². The fourth-order valence-corrected chi connectivity index (χ4v) is 2.32. The number of rotatable bonds is 3. The molecule has 8 heteroatoms. The number of carbonyl (C=O) groups is 1. The lowest BCUT2D eigenvalue weighted by molar-refractivity contribution is -0.384. The van der Waals surface area contributed by atoms with Crippen LogP contribution >= 0.6 is 22.6 Å². The van der Waals surface area contributed by atoms with E-state index >= 15 is 0 Å². The van der Waals surface area contributed by atoms with E-state index in [4.69, 9.17) is 0 Å². The van der Waals surface area contributed by atoms with E-state index < -0.39 is 11.6 Å². The average molecular weight is 501 g/mol. The fraction of sp³-hybridized carbons (Fsp3) is 0.0500. The van der Waals surface area contributed by atoms with Crippen LogP contribution < -0.4 is 0 Å². The first-order valence-corrected chi connectivity index (χ1v) is 8.86. The Labute approximate surface area is 173 Å². The molecule has 0 unspecified atom stereocenters. The number of non-ortho nitro benzene ring substituents is 1. The van der Waals surface area contributed by atoms with Crippen LogP contribution in [-0.2, 0) is 0 Å². The molecule has 0 spiro atoms. The molecule has 0 aromatic heterocycles. The normalized spacial score (nSPS) is 9.46. The number of hydrogen-bond acceptors (Lipinski definition) is 3. The molecule has 28 heavy (non-hydrogen) atoms. The van der Waals surface area contributed by atoms with Gasteiger partial charge in [-0.25, -0.2) is 0 Å². The largest absolute Gasteiger partial charge is 0.379 e. The summed E-state index contributed by atoms with van der Waals surface area (Å²) in [5.41, 5.74) is 0.998. The summed E-state index contributed by atoms with van der Waals surface area (Å²) in [6.07, 6.45) is 0. The molecule has 0 saturated heterocycles. The Balaban J connectivity index is 0.000000293. The molecule has 0 bridgehead atoms. The molecule has 0 fully saturated rings. The molecule has 3 rings (SSSR count). The molecule has 0 saturated carbocycles. The number of benzene rings is 3. The van der Waals surface area contributed by atoms with Crippen molar-refractivity contribution in [1.29, 1.82) is 0 Å². The molecular weight excluding hydrogens is 486 g/mol. The summed E-state index contributed by atoms with van der Waals surface area (Å²) >= 11 is 2.28. The van der Waals surface area contributed by atoms with Crippen molar-refractivity contribution in [2.75, 3.05) is 0 Å². The Morgan fingerprint density at radius 3 is 1.54 bits per heavy atom. The second-order valence-electron chi connectivity index (χ2n) is 5.04. The van der Waals surface area contributed by atoms with Crippen molar-refractivity contribution in [3.8, 4) is 0 Å². The van der Waals surface area contributed by atoms with Crippen molar-refractivity contribution >= 4 is 34.1 Å². The molecule has 0 aliphatic carbocycles. The van der Waals surface area contributed by atoms with Crippen LogP contribution in [0.4, 0.5) is 18.9 Å². The maximum atomic E-state index is 12.0. The van der Waals surface area contributed by atoms with Gasteiger partial charge in [0.05, 0.1) is 4.92 Å². The van der Waals surface area contributed by atoms with Gasteiger partial charge in [-0.2, -0.15) is 13.2 Å². The second-order valence-corrected chi connectivity index (χ2v) is 6.29. The zero-order valence-electron chi connectivity index (χ0n) is 14.3. The SMILES string of the molecule is FC(F)F.Ic1ccccc1.O=C(c1ccccc1)c1ccc([N+](=O)[O-])cc1. The van der Waals surface area contributed by atoms with Gasteiger partial charge in [-0.1, -0.05) is 48.5 Å². The first-order valence-electron chi connectivity index (χ1n) is 7.78. The Kier molecular flexibility index (Phi) is 10.5. The molecule has 4 nitrogen and oxygen atoms in total. The molecule has 146 valence electrons. The summed E-state index contributed by atoms with van der Waals surface area (Å²) in [7, 11) is 0. The van der Waals surface area contributed by atoms with Crippen LogP contribution in [0.25, 0.3) is 0 Å². The first kappa shape index (κ1) is 23.3. The molecule has 0 amide bonds. The molecule has 3 aromatic carbocycles. The molecule has 0 radical (unpaired) electrons. The minimum atomic E-state index is -3.67. The third kappa shape index (κ3) is 9.26. The van der Waals surface area contributed by atoms with E-state index in [0.717, 1.165) is 0 Å². The topological polar surface area (TPSA) is 60.2 Å². The maximum absolute atomic E-state index is 12.0. The number of hydrogen-bond donors (Lipinski definition) is 0. The van der Waals surface area contributed by atoms with Crippen LogP contribution in [0.3, 0.4) is 0 Å². The Morgan fingerprint density at radius 1 is 0.786 bits per heavy atom.